The number of hydrogen-bond acceptors (Lipinski definition) is 7. The molecule has 1 unspecified atom stereocenters. The maximum atomic E-state index is 13.9. The molecule has 0 radical (unpaired) electrons. The summed E-state index contributed by atoms with van der Waals surface area (Å²) in [4.78, 5) is 16.1. The minimum absolute atomic E-state index is 0.00562. The quantitative estimate of drug-likeness (QED) is 0.198. The third-order valence-corrected chi connectivity index (χ3v) is 7.49. The van der Waals surface area contributed by atoms with Crippen LogP contribution in [-0.2, 0) is 21.1 Å². The number of hydrogen-bond donors (Lipinski definition) is 1. The van der Waals surface area contributed by atoms with Crippen LogP contribution in [0.25, 0.3) is 22.2 Å². The normalized spacial score (nSPS) is 15.5. The second-order valence-corrected chi connectivity index (χ2v) is 11.7. The zero-order chi connectivity index (χ0) is 30.6. The van der Waals surface area contributed by atoms with Crippen LogP contribution in [0.2, 0.25) is 0 Å². The van der Waals surface area contributed by atoms with Gasteiger partial charge >= 0.3 is 6.18 Å². The Morgan fingerprint density at radius 3 is 2.42 bits per heavy atom. The zero-order valence-corrected chi connectivity index (χ0v) is 25.0. The molecule has 5 rings (SSSR count). The number of pyridine rings is 1. The Morgan fingerprint density at radius 1 is 1.00 bits per heavy atom. The third kappa shape index (κ3) is 7.31. The summed E-state index contributed by atoms with van der Waals surface area (Å²) >= 11 is 0. The number of ether oxygens (including phenoxy) is 2. The van der Waals surface area contributed by atoms with Gasteiger partial charge in [-0.3, -0.25) is 9.88 Å². The summed E-state index contributed by atoms with van der Waals surface area (Å²) in [5, 5.41) is 4.11. The van der Waals surface area contributed by atoms with Crippen LogP contribution in [-0.4, -0.2) is 52.8 Å². The lowest BCUT2D eigenvalue weighted by atomic mass is 9.87. The number of benzene rings is 2. The fraction of sp³-hybridized carbons (Fsp3) is 0.424. The highest BCUT2D eigenvalue weighted by Crippen LogP contribution is 2.37. The van der Waals surface area contributed by atoms with Gasteiger partial charge in [0.15, 0.2) is 12.1 Å². The number of alkyl halides is 3. The number of fused-ring (bicyclic) bond motifs is 1. The molecule has 1 N–H and O–H groups in total. The molecule has 1 atom stereocenters. The largest absolute Gasteiger partial charge is 0.418 e. The van der Waals surface area contributed by atoms with Crippen molar-refractivity contribution in [1.82, 2.24) is 19.9 Å². The molecule has 4 aromatic rings. The highest BCUT2D eigenvalue weighted by Gasteiger charge is 2.34. The Labute approximate surface area is 250 Å². The molecular formula is C33H38F3N5O2. The van der Waals surface area contributed by atoms with E-state index in [1.807, 2.05) is 12.1 Å². The number of anilines is 2. The van der Waals surface area contributed by atoms with Crippen molar-refractivity contribution < 1.29 is 22.6 Å². The predicted molar refractivity (Wildman–Crippen MR) is 162 cm³/mol. The van der Waals surface area contributed by atoms with Crippen LogP contribution < -0.4 is 5.32 Å². The van der Waals surface area contributed by atoms with Crippen LogP contribution in [0.5, 0.6) is 0 Å². The van der Waals surface area contributed by atoms with E-state index in [4.69, 9.17) is 19.4 Å². The maximum Gasteiger partial charge on any atom is 0.418 e. The number of nitrogens with zero attached hydrogens (tertiary/aromatic N) is 4. The fourth-order valence-electron chi connectivity index (χ4n) is 5.05. The zero-order valence-electron chi connectivity index (χ0n) is 25.0. The molecule has 0 aliphatic carbocycles. The van der Waals surface area contributed by atoms with Crippen molar-refractivity contribution in [3.63, 3.8) is 0 Å². The first-order valence-electron chi connectivity index (χ1n) is 14.7. The topological polar surface area (TPSA) is 72.4 Å². The van der Waals surface area contributed by atoms with E-state index in [0.29, 0.717) is 61.0 Å². The van der Waals surface area contributed by atoms with Crippen molar-refractivity contribution >= 4 is 22.4 Å². The molecule has 1 fully saturated rings. The van der Waals surface area contributed by atoms with Gasteiger partial charge in [-0.2, -0.15) is 13.2 Å². The van der Waals surface area contributed by atoms with E-state index in [9.17, 15) is 13.2 Å². The predicted octanol–water partition coefficient (Wildman–Crippen LogP) is 7.90. The number of rotatable bonds is 9. The van der Waals surface area contributed by atoms with E-state index in [2.05, 4.69) is 55.0 Å². The van der Waals surface area contributed by atoms with Gasteiger partial charge in [0.1, 0.15) is 5.82 Å². The lowest BCUT2D eigenvalue weighted by molar-refractivity contribution is -0.137. The molecular weight excluding hydrogens is 555 g/mol. The summed E-state index contributed by atoms with van der Waals surface area (Å²) in [5.74, 6) is 0.984. The Balaban J connectivity index is 1.63. The van der Waals surface area contributed by atoms with Crippen molar-refractivity contribution in [1.29, 1.82) is 0 Å². The summed E-state index contributed by atoms with van der Waals surface area (Å²) < 4.78 is 53.5. The molecule has 1 aliphatic heterocycles. The number of aromatic nitrogens is 3. The van der Waals surface area contributed by atoms with Gasteiger partial charge in [-0.05, 0) is 53.8 Å². The highest BCUT2D eigenvalue weighted by molar-refractivity contribution is 5.93. The molecule has 3 heterocycles. The van der Waals surface area contributed by atoms with E-state index >= 15 is 0 Å². The van der Waals surface area contributed by atoms with E-state index in [1.165, 1.54) is 17.8 Å². The Bertz CT molecular complexity index is 1530. The minimum Gasteiger partial charge on any atom is -0.379 e. The fourth-order valence-corrected chi connectivity index (χ4v) is 5.05. The van der Waals surface area contributed by atoms with Gasteiger partial charge in [-0.25, -0.2) is 9.97 Å². The van der Waals surface area contributed by atoms with E-state index < -0.39 is 18.0 Å². The smallest absolute Gasteiger partial charge is 0.379 e. The number of morpholine rings is 1. The molecule has 43 heavy (non-hydrogen) atoms. The van der Waals surface area contributed by atoms with Crippen LogP contribution in [0.15, 0.2) is 60.8 Å². The average molecular weight is 594 g/mol. The molecule has 0 bridgehead atoms. The van der Waals surface area contributed by atoms with Crippen LogP contribution in [0.4, 0.5) is 24.7 Å². The molecule has 0 amide bonds. The molecule has 1 saturated heterocycles. The summed E-state index contributed by atoms with van der Waals surface area (Å²) in [6.07, 6.45) is -1.86. The Hall–Kier alpha value is -3.60. The maximum absolute atomic E-state index is 13.9. The summed E-state index contributed by atoms with van der Waals surface area (Å²) in [6, 6.07) is 15.5. The van der Waals surface area contributed by atoms with Crippen LogP contribution in [0.3, 0.4) is 0 Å². The molecule has 2 aromatic heterocycles. The molecule has 7 nitrogen and oxygen atoms in total. The third-order valence-electron chi connectivity index (χ3n) is 7.49. The van der Waals surface area contributed by atoms with Gasteiger partial charge in [0.05, 0.1) is 30.0 Å². The number of halogens is 3. The van der Waals surface area contributed by atoms with Crippen LogP contribution in [0, 0.1) is 0 Å². The standard InChI is InChI=1S/C33H38F3N5O2/c1-5-6-18-43-31(41-16-19-42-20-17-41)30-39-27-21-22(28-26(33(34,35)36)8-7-15-37-28)9-14-25(27)29(40-30)38-24-12-10-23(11-13-24)32(2,3)4/h7-15,21,31H,5-6,16-20H2,1-4H3,(H,38,39,40). The minimum atomic E-state index is -4.55. The van der Waals surface area contributed by atoms with E-state index in [0.717, 1.165) is 24.6 Å². The molecule has 0 spiro atoms. The second-order valence-electron chi connectivity index (χ2n) is 11.7. The SMILES string of the molecule is CCCCOC(c1nc(Nc2ccc(C(C)(C)C)cc2)c2ccc(-c3ncccc3C(F)(F)F)cc2n1)N1CCOCC1. The van der Waals surface area contributed by atoms with Crippen LogP contribution >= 0.6 is 0 Å². The van der Waals surface area contributed by atoms with Crippen molar-refractivity contribution in [2.24, 2.45) is 0 Å². The van der Waals surface area contributed by atoms with Crippen molar-refractivity contribution in [2.45, 2.75) is 58.4 Å². The Kier molecular flexibility index (Phi) is 9.29. The first-order chi connectivity index (χ1) is 20.5. The number of nitrogens with one attached hydrogen (secondary N) is 1. The van der Waals surface area contributed by atoms with Crippen molar-refractivity contribution in [3.05, 3.63) is 77.7 Å². The van der Waals surface area contributed by atoms with Gasteiger partial charge in [-0.1, -0.05) is 52.3 Å². The summed E-state index contributed by atoms with van der Waals surface area (Å²) in [7, 11) is 0. The molecule has 1 aliphatic rings. The monoisotopic (exact) mass is 593 g/mol. The average Bonchev–Trinajstić information content (AvgIpc) is 2.99. The van der Waals surface area contributed by atoms with Crippen molar-refractivity contribution in [2.75, 3.05) is 38.2 Å². The molecule has 2 aromatic carbocycles. The molecule has 228 valence electrons. The first-order valence-corrected chi connectivity index (χ1v) is 14.7. The first kappa shape index (κ1) is 30.8. The van der Waals surface area contributed by atoms with E-state index in [1.54, 1.807) is 18.2 Å². The number of unbranched alkanes of at least 4 members (excludes halogenated alkanes) is 1. The second kappa shape index (κ2) is 13.0. The summed E-state index contributed by atoms with van der Waals surface area (Å²) in [5.41, 5.74) is 1.91. The Morgan fingerprint density at radius 2 is 1.74 bits per heavy atom. The van der Waals surface area contributed by atoms with Gasteiger partial charge in [0, 0.05) is 42.5 Å². The van der Waals surface area contributed by atoms with Crippen LogP contribution in [0.1, 0.15) is 63.7 Å². The molecule has 0 saturated carbocycles. The lowest BCUT2D eigenvalue weighted by Gasteiger charge is -2.33. The van der Waals surface area contributed by atoms with Gasteiger partial charge < -0.3 is 14.8 Å². The van der Waals surface area contributed by atoms with E-state index in [-0.39, 0.29) is 11.1 Å². The van der Waals surface area contributed by atoms with Crippen molar-refractivity contribution in [3.8, 4) is 11.3 Å². The molecule has 10 heteroatoms. The van der Waals surface area contributed by atoms with Gasteiger partial charge in [0.2, 0.25) is 0 Å². The van der Waals surface area contributed by atoms with Gasteiger partial charge in [-0.15, -0.1) is 0 Å². The summed E-state index contributed by atoms with van der Waals surface area (Å²) in [6.45, 7) is 11.5. The highest BCUT2D eigenvalue weighted by atomic mass is 19.4. The van der Waals surface area contributed by atoms with Gasteiger partial charge in [0.25, 0.3) is 0 Å². The lowest BCUT2D eigenvalue weighted by Crippen LogP contribution is -2.41.